The molecular formula is C11H10O2S. The first kappa shape index (κ1) is 9.37. The molecule has 72 valence electrons. The molecule has 0 radical (unpaired) electrons. The number of aliphatic hydroxyl groups is 1. The maximum absolute atomic E-state index is 9.80. The molecule has 1 aromatic carbocycles. The highest BCUT2D eigenvalue weighted by atomic mass is 32.2. The number of hydrogen-bond acceptors (Lipinski definition) is 3. The van der Waals surface area contributed by atoms with Gasteiger partial charge in [-0.3, -0.25) is 0 Å². The predicted octanol–water partition coefficient (Wildman–Crippen LogP) is 3.06. The molecular weight excluding hydrogens is 196 g/mol. The summed E-state index contributed by atoms with van der Waals surface area (Å²) in [7, 11) is 0. The topological polar surface area (TPSA) is 33.4 Å². The summed E-state index contributed by atoms with van der Waals surface area (Å²) in [6.07, 6.45) is 1.60. The van der Waals surface area contributed by atoms with Crippen LogP contribution in [0.2, 0.25) is 0 Å². The zero-order valence-corrected chi connectivity index (χ0v) is 8.28. The van der Waals surface area contributed by atoms with Gasteiger partial charge in [0.2, 0.25) is 0 Å². The van der Waals surface area contributed by atoms with E-state index in [1.807, 2.05) is 36.4 Å². The molecule has 2 rings (SSSR count). The normalized spacial score (nSPS) is 12.6. The molecule has 0 bridgehead atoms. The summed E-state index contributed by atoms with van der Waals surface area (Å²) < 4.78 is 5.13. The van der Waals surface area contributed by atoms with Gasteiger partial charge in [-0.2, -0.15) is 0 Å². The van der Waals surface area contributed by atoms with E-state index in [-0.39, 0.29) is 0 Å². The van der Waals surface area contributed by atoms with Gasteiger partial charge in [-0.05, 0) is 17.7 Å². The minimum absolute atomic E-state index is 0.567. The molecule has 1 aromatic heterocycles. The molecule has 0 saturated heterocycles. The first-order valence-corrected chi connectivity index (χ1v) is 5.17. The van der Waals surface area contributed by atoms with Gasteiger partial charge in [0.15, 0.2) is 5.09 Å². The summed E-state index contributed by atoms with van der Waals surface area (Å²) in [5.41, 5.74) is 0.316. The number of aliphatic hydroxyl groups excluding tert-OH is 1. The molecule has 0 aliphatic heterocycles. The fraction of sp³-hybridized carbons (Fsp3) is 0.0909. The van der Waals surface area contributed by atoms with Gasteiger partial charge in [0, 0.05) is 0 Å². The lowest BCUT2D eigenvalue weighted by atomic mass is 10.2. The molecule has 2 aromatic rings. The van der Waals surface area contributed by atoms with Gasteiger partial charge >= 0.3 is 0 Å². The second kappa shape index (κ2) is 4.35. The molecule has 0 spiro atoms. The Balaban J connectivity index is 2.07. The minimum atomic E-state index is -0.567. The Labute approximate surface area is 86.6 Å². The molecule has 3 heteroatoms. The number of benzene rings is 1. The molecule has 1 atom stereocenters. The van der Waals surface area contributed by atoms with Gasteiger partial charge in [0.1, 0.15) is 5.44 Å². The molecule has 0 fully saturated rings. The summed E-state index contributed by atoms with van der Waals surface area (Å²) in [5.74, 6) is 0. The van der Waals surface area contributed by atoms with E-state index in [1.54, 1.807) is 12.3 Å². The van der Waals surface area contributed by atoms with Crippen LogP contribution in [-0.2, 0) is 0 Å². The molecule has 1 unspecified atom stereocenters. The van der Waals surface area contributed by atoms with Gasteiger partial charge in [0.05, 0.1) is 6.26 Å². The number of furan rings is 1. The van der Waals surface area contributed by atoms with Crippen LogP contribution >= 0.6 is 11.8 Å². The third-order valence-electron chi connectivity index (χ3n) is 1.81. The second-order valence-electron chi connectivity index (χ2n) is 2.81. The van der Waals surface area contributed by atoms with Crippen LogP contribution in [0.5, 0.6) is 0 Å². The van der Waals surface area contributed by atoms with Crippen molar-refractivity contribution in [3.8, 4) is 0 Å². The first-order valence-electron chi connectivity index (χ1n) is 4.29. The van der Waals surface area contributed by atoms with Gasteiger partial charge in [-0.15, -0.1) is 0 Å². The Kier molecular flexibility index (Phi) is 2.91. The second-order valence-corrected chi connectivity index (χ2v) is 3.90. The van der Waals surface area contributed by atoms with Crippen LogP contribution in [0.1, 0.15) is 11.0 Å². The zero-order valence-electron chi connectivity index (χ0n) is 7.46. The quantitative estimate of drug-likeness (QED) is 0.619. The van der Waals surface area contributed by atoms with E-state index in [2.05, 4.69) is 0 Å². The van der Waals surface area contributed by atoms with Crippen LogP contribution < -0.4 is 0 Å². The van der Waals surface area contributed by atoms with Crippen molar-refractivity contribution in [2.45, 2.75) is 10.5 Å². The lowest BCUT2D eigenvalue weighted by Crippen LogP contribution is -1.90. The van der Waals surface area contributed by atoms with Crippen molar-refractivity contribution in [3.63, 3.8) is 0 Å². The largest absolute Gasteiger partial charge is 0.458 e. The van der Waals surface area contributed by atoms with Gasteiger partial charge in [-0.1, -0.05) is 42.1 Å². The van der Waals surface area contributed by atoms with Gasteiger partial charge in [-0.25, -0.2) is 0 Å². The van der Waals surface area contributed by atoms with Crippen molar-refractivity contribution in [1.29, 1.82) is 0 Å². The van der Waals surface area contributed by atoms with E-state index in [0.717, 1.165) is 10.7 Å². The summed E-state index contributed by atoms with van der Waals surface area (Å²) in [5, 5.41) is 10.5. The standard InChI is InChI=1S/C11H10O2S/c12-11(9-5-2-1-3-6-9)14-10-7-4-8-13-10/h1-8,11-12H. The van der Waals surface area contributed by atoms with E-state index >= 15 is 0 Å². The molecule has 0 amide bonds. The van der Waals surface area contributed by atoms with Crippen LogP contribution in [0, 0.1) is 0 Å². The highest BCUT2D eigenvalue weighted by molar-refractivity contribution is 7.99. The molecule has 0 aliphatic rings. The van der Waals surface area contributed by atoms with Gasteiger partial charge < -0.3 is 9.52 Å². The average molecular weight is 206 g/mol. The lowest BCUT2D eigenvalue weighted by molar-refractivity contribution is 0.268. The van der Waals surface area contributed by atoms with Crippen molar-refractivity contribution in [1.82, 2.24) is 0 Å². The monoisotopic (exact) mass is 206 g/mol. The first-order chi connectivity index (χ1) is 6.86. The van der Waals surface area contributed by atoms with E-state index < -0.39 is 5.44 Å². The third-order valence-corrected chi connectivity index (χ3v) is 2.77. The van der Waals surface area contributed by atoms with E-state index in [9.17, 15) is 5.11 Å². The molecule has 2 nitrogen and oxygen atoms in total. The molecule has 1 heterocycles. The van der Waals surface area contributed by atoms with Crippen LogP contribution in [0.4, 0.5) is 0 Å². The summed E-state index contributed by atoms with van der Waals surface area (Å²) >= 11 is 1.29. The molecule has 0 aliphatic carbocycles. The highest BCUT2D eigenvalue weighted by Gasteiger charge is 2.09. The fourth-order valence-corrected chi connectivity index (χ4v) is 1.91. The predicted molar refractivity (Wildman–Crippen MR) is 56.0 cm³/mol. The Morgan fingerprint density at radius 2 is 1.86 bits per heavy atom. The lowest BCUT2D eigenvalue weighted by Gasteiger charge is -2.07. The maximum Gasteiger partial charge on any atom is 0.162 e. The smallest absolute Gasteiger partial charge is 0.162 e. The van der Waals surface area contributed by atoms with Crippen LogP contribution in [0.25, 0.3) is 0 Å². The zero-order chi connectivity index (χ0) is 9.80. The van der Waals surface area contributed by atoms with E-state index in [4.69, 9.17) is 4.42 Å². The van der Waals surface area contributed by atoms with E-state index in [0.29, 0.717) is 0 Å². The number of rotatable bonds is 3. The minimum Gasteiger partial charge on any atom is -0.458 e. The fourth-order valence-electron chi connectivity index (χ4n) is 1.13. The van der Waals surface area contributed by atoms with E-state index in [1.165, 1.54) is 11.8 Å². The molecule has 14 heavy (non-hydrogen) atoms. The Morgan fingerprint density at radius 1 is 1.07 bits per heavy atom. The van der Waals surface area contributed by atoms with Crippen molar-refractivity contribution in [2.24, 2.45) is 0 Å². The van der Waals surface area contributed by atoms with Crippen molar-refractivity contribution < 1.29 is 9.52 Å². The highest BCUT2D eigenvalue weighted by Crippen LogP contribution is 2.32. The molecule has 0 saturated carbocycles. The van der Waals surface area contributed by atoms with Crippen LogP contribution in [0.3, 0.4) is 0 Å². The number of thioether (sulfide) groups is 1. The average Bonchev–Trinajstić information content (AvgIpc) is 2.72. The Bertz CT molecular complexity index is 369. The van der Waals surface area contributed by atoms with Crippen molar-refractivity contribution in [3.05, 3.63) is 54.3 Å². The van der Waals surface area contributed by atoms with Crippen molar-refractivity contribution >= 4 is 11.8 Å². The molecule has 1 N–H and O–H groups in total. The van der Waals surface area contributed by atoms with Crippen LogP contribution in [0.15, 0.2) is 58.2 Å². The summed E-state index contributed by atoms with van der Waals surface area (Å²) in [6.45, 7) is 0. The SMILES string of the molecule is OC(Sc1ccco1)c1ccccc1. The van der Waals surface area contributed by atoms with Crippen molar-refractivity contribution in [2.75, 3.05) is 0 Å². The maximum atomic E-state index is 9.80. The van der Waals surface area contributed by atoms with Crippen LogP contribution in [-0.4, -0.2) is 5.11 Å². The van der Waals surface area contributed by atoms with Gasteiger partial charge in [0.25, 0.3) is 0 Å². The Hall–Kier alpha value is -1.19. The third kappa shape index (κ3) is 2.19. The summed E-state index contributed by atoms with van der Waals surface area (Å²) in [6, 6.07) is 13.1. The number of hydrogen-bond donors (Lipinski definition) is 1. The Morgan fingerprint density at radius 3 is 2.50 bits per heavy atom. The summed E-state index contributed by atoms with van der Waals surface area (Å²) in [4.78, 5) is 0.